The molecule has 1 amide bonds. The molecular formula is C21H23N5O3S. The molecule has 3 aromatic rings. The third-order valence-corrected chi connectivity index (χ3v) is 7.83. The summed E-state index contributed by atoms with van der Waals surface area (Å²) in [6.45, 7) is 1.68. The van der Waals surface area contributed by atoms with E-state index in [-0.39, 0.29) is 16.8 Å². The number of benzene rings is 1. The molecule has 4 heterocycles. The molecule has 2 fully saturated rings. The largest absolute Gasteiger partial charge is 0.328 e. The molecule has 0 radical (unpaired) electrons. The molecule has 0 bridgehead atoms. The molecule has 156 valence electrons. The monoisotopic (exact) mass is 425 g/mol. The summed E-state index contributed by atoms with van der Waals surface area (Å²) < 4.78 is 29.2. The SMILES string of the molecule is O=C(c1cccc(S(=O)(=O)N2CCCC2)c1)N1CCC[C@H]1c1nnc2ccccn12. The highest BCUT2D eigenvalue weighted by atomic mass is 32.2. The molecule has 2 aliphatic heterocycles. The third-order valence-electron chi connectivity index (χ3n) is 5.94. The average Bonchev–Trinajstić information content (AvgIpc) is 3.53. The number of rotatable bonds is 4. The lowest BCUT2D eigenvalue weighted by atomic mass is 10.1. The molecule has 30 heavy (non-hydrogen) atoms. The van der Waals surface area contributed by atoms with Crippen LogP contribution in [0.1, 0.15) is 47.9 Å². The number of hydrogen-bond donors (Lipinski definition) is 0. The minimum absolute atomic E-state index is 0.177. The first kappa shape index (κ1) is 19.2. The molecule has 2 aliphatic rings. The molecule has 2 aromatic heterocycles. The number of hydrogen-bond acceptors (Lipinski definition) is 5. The maximum absolute atomic E-state index is 13.3. The van der Waals surface area contributed by atoms with Gasteiger partial charge < -0.3 is 4.90 Å². The van der Waals surface area contributed by atoms with Gasteiger partial charge in [-0.1, -0.05) is 12.1 Å². The number of fused-ring (bicyclic) bond motifs is 1. The van der Waals surface area contributed by atoms with Crippen LogP contribution in [0.3, 0.4) is 0 Å². The Morgan fingerprint density at radius 2 is 1.80 bits per heavy atom. The van der Waals surface area contributed by atoms with Gasteiger partial charge in [0, 0.05) is 31.4 Å². The third kappa shape index (κ3) is 3.18. The van der Waals surface area contributed by atoms with Crippen molar-refractivity contribution in [2.45, 2.75) is 36.6 Å². The van der Waals surface area contributed by atoms with Gasteiger partial charge in [0.1, 0.15) is 0 Å². The second-order valence-corrected chi connectivity index (χ2v) is 9.72. The van der Waals surface area contributed by atoms with Crippen LogP contribution < -0.4 is 0 Å². The van der Waals surface area contributed by atoms with Crippen molar-refractivity contribution >= 4 is 21.6 Å². The summed E-state index contributed by atoms with van der Waals surface area (Å²) in [6, 6.07) is 11.9. The number of aromatic nitrogens is 3. The smallest absolute Gasteiger partial charge is 0.254 e. The van der Waals surface area contributed by atoms with Crippen molar-refractivity contribution in [1.29, 1.82) is 0 Å². The van der Waals surface area contributed by atoms with Gasteiger partial charge >= 0.3 is 0 Å². The van der Waals surface area contributed by atoms with Crippen LogP contribution in [0.15, 0.2) is 53.6 Å². The predicted octanol–water partition coefficient (Wildman–Crippen LogP) is 2.49. The Labute approximate surface area is 175 Å². The Bertz CT molecular complexity index is 1200. The Hall–Kier alpha value is -2.78. The average molecular weight is 426 g/mol. The number of carbonyl (C=O) groups excluding carboxylic acids is 1. The zero-order chi connectivity index (χ0) is 20.7. The summed E-state index contributed by atoms with van der Waals surface area (Å²) in [5.74, 6) is 0.556. The normalized spacial score (nSPS) is 20.3. The molecule has 8 nitrogen and oxygen atoms in total. The van der Waals surface area contributed by atoms with Gasteiger partial charge in [0.25, 0.3) is 5.91 Å². The number of amides is 1. The maximum atomic E-state index is 13.3. The first-order chi connectivity index (χ1) is 14.6. The first-order valence-electron chi connectivity index (χ1n) is 10.3. The standard InChI is InChI=1S/C21H23N5O3S/c27-21(16-7-5-8-17(15-16)30(28,29)24-11-3-4-12-24)25-14-6-9-18(25)20-23-22-19-10-1-2-13-26(19)20/h1-2,5,7-8,10,13,15,18H,3-4,6,9,11-12,14H2/t18-/m0/s1. The van der Waals surface area contributed by atoms with E-state index >= 15 is 0 Å². The summed E-state index contributed by atoms with van der Waals surface area (Å²) in [7, 11) is -3.57. The Balaban J connectivity index is 1.45. The lowest BCUT2D eigenvalue weighted by molar-refractivity contribution is 0.0729. The van der Waals surface area contributed by atoms with Gasteiger partial charge in [-0.15, -0.1) is 10.2 Å². The van der Waals surface area contributed by atoms with E-state index in [2.05, 4.69) is 10.2 Å². The fourth-order valence-electron chi connectivity index (χ4n) is 4.40. The van der Waals surface area contributed by atoms with Crippen LogP contribution in [0.25, 0.3) is 5.65 Å². The van der Waals surface area contributed by atoms with Crippen molar-refractivity contribution in [3.8, 4) is 0 Å². The molecule has 0 aliphatic carbocycles. The fraction of sp³-hybridized carbons (Fsp3) is 0.381. The highest BCUT2D eigenvalue weighted by Gasteiger charge is 2.34. The summed E-state index contributed by atoms with van der Waals surface area (Å²) in [5, 5.41) is 8.54. The number of likely N-dealkylation sites (tertiary alicyclic amines) is 1. The van der Waals surface area contributed by atoms with Crippen molar-refractivity contribution in [3.63, 3.8) is 0 Å². The van der Waals surface area contributed by atoms with E-state index in [1.54, 1.807) is 23.1 Å². The predicted molar refractivity (Wildman–Crippen MR) is 110 cm³/mol. The lowest BCUT2D eigenvalue weighted by Crippen LogP contribution is -2.32. The van der Waals surface area contributed by atoms with Gasteiger partial charge in [-0.2, -0.15) is 4.31 Å². The van der Waals surface area contributed by atoms with Crippen LogP contribution in [0.4, 0.5) is 0 Å². The number of pyridine rings is 1. The fourth-order valence-corrected chi connectivity index (χ4v) is 5.96. The maximum Gasteiger partial charge on any atom is 0.254 e. The van der Waals surface area contributed by atoms with Gasteiger partial charge in [-0.25, -0.2) is 8.42 Å². The van der Waals surface area contributed by atoms with E-state index in [1.165, 1.54) is 10.4 Å². The van der Waals surface area contributed by atoms with Gasteiger partial charge in [-0.3, -0.25) is 9.20 Å². The number of sulfonamides is 1. The van der Waals surface area contributed by atoms with Crippen LogP contribution in [0.2, 0.25) is 0 Å². The van der Waals surface area contributed by atoms with E-state index in [0.717, 1.165) is 37.2 Å². The van der Waals surface area contributed by atoms with Gasteiger partial charge in [-0.05, 0) is 56.0 Å². The van der Waals surface area contributed by atoms with Crippen molar-refractivity contribution < 1.29 is 13.2 Å². The number of nitrogens with zero attached hydrogens (tertiary/aromatic N) is 5. The summed E-state index contributed by atoms with van der Waals surface area (Å²) in [4.78, 5) is 15.3. The minimum atomic E-state index is -3.57. The molecule has 0 unspecified atom stereocenters. The summed E-state index contributed by atoms with van der Waals surface area (Å²) in [6.07, 6.45) is 5.31. The number of carbonyl (C=O) groups is 1. The van der Waals surface area contributed by atoms with E-state index in [4.69, 9.17) is 0 Å². The molecule has 2 saturated heterocycles. The van der Waals surface area contributed by atoms with Crippen molar-refractivity contribution in [2.75, 3.05) is 19.6 Å². The summed E-state index contributed by atoms with van der Waals surface area (Å²) >= 11 is 0. The molecule has 0 spiro atoms. The van der Waals surface area contributed by atoms with Crippen molar-refractivity contribution in [3.05, 3.63) is 60.0 Å². The molecule has 9 heteroatoms. The Morgan fingerprint density at radius 1 is 0.967 bits per heavy atom. The van der Waals surface area contributed by atoms with Crippen LogP contribution in [-0.2, 0) is 10.0 Å². The lowest BCUT2D eigenvalue weighted by Gasteiger charge is -2.24. The Kier molecular flexibility index (Phi) is 4.79. The highest BCUT2D eigenvalue weighted by molar-refractivity contribution is 7.89. The Morgan fingerprint density at radius 3 is 2.63 bits per heavy atom. The van der Waals surface area contributed by atoms with E-state index in [1.807, 2.05) is 28.8 Å². The van der Waals surface area contributed by atoms with Gasteiger partial charge in [0.15, 0.2) is 11.5 Å². The topological polar surface area (TPSA) is 87.9 Å². The second-order valence-electron chi connectivity index (χ2n) is 7.78. The minimum Gasteiger partial charge on any atom is -0.328 e. The summed E-state index contributed by atoms with van der Waals surface area (Å²) in [5.41, 5.74) is 1.13. The highest BCUT2D eigenvalue weighted by Crippen LogP contribution is 2.33. The van der Waals surface area contributed by atoms with Crippen LogP contribution in [-0.4, -0.2) is 57.8 Å². The van der Waals surface area contributed by atoms with Crippen molar-refractivity contribution in [2.24, 2.45) is 0 Å². The van der Waals surface area contributed by atoms with Gasteiger partial charge in [0.05, 0.1) is 10.9 Å². The molecular weight excluding hydrogens is 402 g/mol. The van der Waals surface area contributed by atoms with Crippen LogP contribution in [0, 0.1) is 0 Å². The van der Waals surface area contributed by atoms with Crippen molar-refractivity contribution in [1.82, 2.24) is 23.8 Å². The van der Waals surface area contributed by atoms with E-state index < -0.39 is 10.0 Å². The van der Waals surface area contributed by atoms with Gasteiger partial charge in [0.2, 0.25) is 10.0 Å². The molecule has 1 aromatic carbocycles. The van der Waals surface area contributed by atoms with Crippen LogP contribution in [0.5, 0.6) is 0 Å². The molecule has 5 rings (SSSR count). The quantitative estimate of drug-likeness (QED) is 0.641. The van der Waals surface area contributed by atoms with Crippen LogP contribution >= 0.6 is 0 Å². The second kappa shape index (κ2) is 7.48. The molecule has 1 atom stereocenters. The zero-order valence-corrected chi connectivity index (χ0v) is 17.3. The first-order valence-corrected chi connectivity index (χ1v) is 11.7. The zero-order valence-electron chi connectivity index (χ0n) is 16.5. The van der Waals surface area contributed by atoms with E-state index in [9.17, 15) is 13.2 Å². The van der Waals surface area contributed by atoms with E-state index in [0.29, 0.717) is 25.2 Å². The molecule has 0 saturated carbocycles. The molecule has 0 N–H and O–H groups in total.